The first-order chi connectivity index (χ1) is 10.8. The molecule has 0 amide bonds. The van der Waals surface area contributed by atoms with Gasteiger partial charge >= 0.3 is 12.1 Å². The number of carboxylic acid groups (broad SMARTS) is 1. The van der Waals surface area contributed by atoms with Crippen LogP contribution in [0.1, 0.15) is 12.5 Å². The Hall–Kier alpha value is -2.77. The van der Waals surface area contributed by atoms with Gasteiger partial charge in [0.25, 0.3) is 0 Å². The van der Waals surface area contributed by atoms with Crippen LogP contribution >= 0.6 is 0 Å². The van der Waals surface area contributed by atoms with Gasteiger partial charge < -0.3 is 19.3 Å². The van der Waals surface area contributed by atoms with Gasteiger partial charge in [0.1, 0.15) is 17.2 Å². The Morgan fingerprint density at radius 2 is 1.38 bits per heavy atom. The van der Waals surface area contributed by atoms with E-state index in [1.54, 1.807) is 0 Å². The molecule has 24 heavy (non-hydrogen) atoms. The average Bonchev–Trinajstić information content (AvgIpc) is 2.49. The molecule has 0 spiro atoms. The van der Waals surface area contributed by atoms with Crippen molar-refractivity contribution in [2.75, 3.05) is 0 Å². The normalized spacial score (nSPS) is 12.0. The Kier molecular flexibility index (Phi) is 6.16. The Labute approximate surface area is 134 Å². The maximum Gasteiger partial charge on any atom is 0.416 e. The van der Waals surface area contributed by atoms with Gasteiger partial charge in [0.15, 0.2) is 6.10 Å². The largest absolute Gasteiger partial charge is 1.00 e. The lowest BCUT2D eigenvalue weighted by Crippen LogP contribution is -3.00. The van der Waals surface area contributed by atoms with Crippen molar-refractivity contribution in [2.24, 2.45) is 0 Å². The molecule has 0 aliphatic heterocycles. The molecule has 4 nitrogen and oxygen atoms in total. The minimum atomic E-state index is -4.39. The van der Waals surface area contributed by atoms with E-state index in [9.17, 15) is 18.0 Å². The summed E-state index contributed by atoms with van der Waals surface area (Å²) in [5, 5.41) is 8.74. The van der Waals surface area contributed by atoms with Crippen LogP contribution in [-0.2, 0) is 11.0 Å². The molecule has 130 valence electrons. The van der Waals surface area contributed by atoms with E-state index in [1.165, 1.54) is 43.3 Å². The third-order valence-electron chi connectivity index (χ3n) is 2.90. The van der Waals surface area contributed by atoms with Gasteiger partial charge in [-0.15, -0.1) is 0 Å². The molecule has 1 N–H and O–H groups in total. The summed E-state index contributed by atoms with van der Waals surface area (Å²) >= 11 is 0. The molecule has 0 aliphatic carbocycles. The van der Waals surface area contributed by atoms with E-state index in [2.05, 4.69) is 0 Å². The van der Waals surface area contributed by atoms with Crippen molar-refractivity contribution < 1.29 is 37.3 Å². The summed E-state index contributed by atoms with van der Waals surface area (Å²) < 4.78 is 47.9. The van der Waals surface area contributed by atoms with E-state index in [1.807, 2.05) is 0 Å². The molecular formula is C16H13F4O4-. The molecule has 0 bridgehead atoms. The third-order valence-corrected chi connectivity index (χ3v) is 2.90. The highest BCUT2D eigenvalue weighted by molar-refractivity contribution is 5.72. The topological polar surface area (TPSA) is 55.8 Å². The van der Waals surface area contributed by atoms with Crippen LogP contribution in [0.3, 0.4) is 0 Å². The van der Waals surface area contributed by atoms with Crippen molar-refractivity contribution in [3.8, 4) is 17.2 Å². The first kappa shape index (κ1) is 19.3. The summed E-state index contributed by atoms with van der Waals surface area (Å²) in [6, 6.07) is 10.4. The zero-order valence-electron chi connectivity index (χ0n) is 12.4. The number of hydrogen-bond donors (Lipinski definition) is 1. The summed E-state index contributed by atoms with van der Waals surface area (Å²) in [5.74, 6) is -0.0968. The highest BCUT2D eigenvalue weighted by Gasteiger charge is 2.30. The Morgan fingerprint density at radius 1 is 0.958 bits per heavy atom. The minimum absolute atomic E-state index is 0. The van der Waals surface area contributed by atoms with Crippen molar-refractivity contribution in [1.29, 1.82) is 0 Å². The number of benzene rings is 2. The highest BCUT2D eigenvalue weighted by atomic mass is 19.4. The predicted octanol–water partition coefficient (Wildman–Crippen LogP) is 1.35. The maximum atomic E-state index is 12.5. The van der Waals surface area contributed by atoms with Crippen molar-refractivity contribution in [3.05, 3.63) is 54.1 Å². The maximum absolute atomic E-state index is 12.5. The summed E-state index contributed by atoms with van der Waals surface area (Å²) in [4.78, 5) is 10.7. The van der Waals surface area contributed by atoms with Crippen LogP contribution in [0.15, 0.2) is 48.5 Å². The summed E-state index contributed by atoms with van der Waals surface area (Å²) in [7, 11) is 0. The molecule has 0 heterocycles. The molecule has 1 atom stereocenters. The van der Waals surface area contributed by atoms with Crippen molar-refractivity contribution in [3.63, 3.8) is 0 Å². The van der Waals surface area contributed by atoms with E-state index in [-0.39, 0.29) is 10.5 Å². The molecule has 0 saturated carbocycles. The second-order valence-electron chi connectivity index (χ2n) is 4.69. The molecule has 8 heteroatoms. The monoisotopic (exact) mass is 345 g/mol. The first-order valence-electron chi connectivity index (χ1n) is 6.60. The van der Waals surface area contributed by atoms with Gasteiger partial charge in [-0.25, -0.2) is 4.79 Å². The Morgan fingerprint density at radius 3 is 1.79 bits per heavy atom. The number of hydrogen-bond acceptors (Lipinski definition) is 3. The number of aliphatic carboxylic acids is 1. The van der Waals surface area contributed by atoms with E-state index in [4.69, 9.17) is 14.6 Å². The smallest absolute Gasteiger partial charge is 0.416 e. The summed E-state index contributed by atoms with van der Waals surface area (Å²) in [6.07, 6.45) is -5.38. The standard InChI is InChI=1S/C16H13F3O4.FH/c1-10(15(20)21)22-12-6-8-14(9-7-12)23-13-4-2-11(3-5-13)16(17,18)19;/h2-10H,1H3,(H,20,21);1H/p-1. The number of alkyl halides is 3. The van der Waals surface area contributed by atoms with Crippen molar-refractivity contribution in [1.82, 2.24) is 0 Å². The second-order valence-corrected chi connectivity index (χ2v) is 4.69. The lowest BCUT2D eigenvalue weighted by Gasteiger charge is -2.11. The van der Waals surface area contributed by atoms with Crippen LogP contribution in [0, 0.1) is 0 Å². The average molecular weight is 345 g/mol. The van der Waals surface area contributed by atoms with Gasteiger partial charge in [-0.1, -0.05) is 0 Å². The zero-order chi connectivity index (χ0) is 17.0. The number of ether oxygens (including phenoxy) is 2. The lowest BCUT2D eigenvalue weighted by molar-refractivity contribution is -0.144. The molecule has 2 aromatic rings. The molecule has 1 unspecified atom stereocenters. The van der Waals surface area contributed by atoms with E-state index in [0.717, 1.165) is 12.1 Å². The Bertz CT molecular complexity index is 666. The van der Waals surface area contributed by atoms with Crippen LogP contribution in [0.4, 0.5) is 13.2 Å². The van der Waals surface area contributed by atoms with Crippen molar-refractivity contribution in [2.45, 2.75) is 19.2 Å². The Balaban J connectivity index is 0.00000288. The molecule has 0 aliphatic rings. The molecular weight excluding hydrogens is 332 g/mol. The van der Waals surface area contributed by atoms with E-state index >= 15 is 0 Å². The fourth-order valence-corrected chi connectivity index (χ4v) is 1.69. The number of rotatable bonds is 5. The lowest BCUT2D eigenvalue weighted by atomic mass is 10.2. The van der Waals surface area contributed by atoms with Crippen molar-refractivity contribution >= 4 is 5.97 Å². The third kappa shape index (κ3) is 5.15. The number of carbonyl (C=O) groups is 1. The van der Waals surface area contributed by atoms with Gasteiger partial charge in [0.05, 0.1) is 5.56 Å². The minimum Gasteiger partial charge on any atom is -1.00 e. The summed E-state index contributed by atoms with van der Waals surface area (Å²) in [5.41, 5.74) is -0.753. The number of carboxylic acids is 1. The summed E-state index contributed by atoms with van der Waals surface area (Å²) in [6.45, 7) is 1.40. The zero-order valence-corrected chi connectivity index (χ0v) is 12.4. The van der Waals surface area contributed by atoms with E-state index < -0.39 is 23.8 Å². The number of halogens is 4. The fraction of sp³-hybridized carbons (Fsp3) is 0.188. The van der Waals surface area contributed by atoms with Gasteiger partial charge in [0.2, 0.25) is 0 Å². The van der Waals surface area contributed by atoms with Gasteiger partial charge in [-0.05, 0) is 55.5 Å². The highest BCUT2D eigenvalue weighted by Crippen LogP contribution is 2.31. The van der Waals surface area contributed by atoms with Crippen LogP contribution in [-0.4, -0.2) is 17.2 Å². The molecule has 0 radical (unpaired) electrons. The fourth-order valence-electron chi connectivity index (χ4n) is 1.69. The van der Waals surface area contributed by atoms with Gasteiger partial charge in [-0.2, -0.15) is 13.2 Å². The molecule has 0 fully saturated rings. The molecule has 2 aromatic carbocycles. The molecule has 0 saturated heterocycles. The first-order valence-corrected chi connectivity index (χ1v) is 6.60. The SMILES string of the molecule is CC(Oc1ccc(Oc2ccc(C(F)(F)F)cc2)cc1)C(=O)O.[F-]. The van der Waals surface area contributed by atoms with E-state index in [0.29, 0.717) is 11.5 Å². The molecule has 0 aromatic heterocycles. The molecule has 2 rings (SSSR count). The van der Waals surface area contributed by atoms with Crippen LogP contribution in [0.2, 0.25) is 0 Å². The van der Waals surface area contributed by atoms with Crippen LogP contribution in [0.25, 0.3) is 0 Å². The van der Waals surface area contributed by atoms with Crippen LogP contribution < -0.4 is 14.2 Å². The van der Waals surface area contributed by atoms with Gasteiger partial charge in [-0.3, -0.25) is 0 Å². The second kappa shape index (κ2) is 7.67. The quantitative estimate of drug-likeness (QED) is 0.832. The van der Waals surface area contributed by atoms with Crippen LogP contribution in [0.5, 0.6) is 17.2 Å². The predicted molar refractivity (Wildman–Crippen MR) is 75.7 cm³/mol. The van der Waals surface area contributed by atoms with Gasteiger partial charge in [0, 0.05) is 0 Å².